The van der Waals surface area contributed by atoms with E-state index in [1.165, 1.54) is 12.3 Å². The van der Waals surface area contributed by atoms with Gasteiger partial charge in [-0.25, -0.2) is 9.97 Å². The van der Waals surface area contributed by atoms with Crippen molar-refractivity contribution < 1.29 is 67.4 Å². The molecule has 2 saturated carbocycles. The van der Waals surface area contributed by atoms with Crippen LogP contribution in [-0.4, -0.2) is 80.4 Å². The number of furan rings is 3. The first-order valence-electron chi connectivity index (χ1n) is 25.6. The molecule has 21 heteroatoms. The number of hydrogen-bond donors (Lipinski definition) is 7. The van der Waals surface area contributed by atoms with Crippen molar-refractivity contribution in [2.45, 2.75) is 128 Å². The Morgan fingerprint density at radius 2 is 1.03 bits per heavy atom. The fourth-order valence-electron chi connectivity index (χ4n) is 9.10. The SMILES string of the molecule is CC(C)n1cnc2c(NCc3ccc(-c4ccco4)cc3)nc(NC3CCC(N)CC3)nc21.CC(C)n1cnc2c(NCc3ccc(-c4ccco4)cc3)nc(NC3CCC([NH-])CC3)nc21.OB(O)c1ccco1.[Ac]. The Labute approximate surface area is 472 Å². The molecule has 9 N–H and O–H groups in total. The topological polar surface area (TPSA) is 265 Å². The van der Waals surface area contributed by atoms with E-state index in [4.69, 9.17) is 50.3 Å². The Morgan fingerprint density at radius 3 is 1.40 bits per heavy atom. The van der Waals surface area contributed by atoms with Gasteiger partial charge in [-0.15, -0.1) is 6.04 Å². The standard InChI is InChI=1S/C25H31N7O.C25H30N7O.C4H5BO3.Ac/c2*1-16(2)32-15-28-22-23(27-14-17-5-7-18(8-6-17)21-4-3-13-33-21)30-25(31-24(22)32)29-20-11-9-19(26)10-12-20;6-5(7)4-2-1-3-8-4;/h3-8,13,15-16,19-20H,9-12,14,26H2,1-2H3,(H2,27,29,30,31);3-8,13,15-16,19-20,26H,9-12,14H2,1-2H3,(H2,27,29,30,31);1-3,6-7H;/q;-1;;. The summed E-state index contributed by atoms with van der Waals surface area (Å²) in [6, 6.07) is 29.0. The third-order valence-corrected chi connectivity index (χ3v) is 13.4. The van der Waals surface area contributed by atoms with Crippen LogP contribution < -0.4 is 32.7 Å². The minimum Gasteiger partial charge on any atom is -0.675 e. The van der Waals surface area contributed by atoms with Crippen molar-refractivity contribution >= 4 is 58.6 Å². The van der Waals surface area contributed by atoms with Crippen LogP contribution in [0.4, 0.5) is 23.5 Å². The zero-order chi connectivity index (χ0) is 51.6. The van der Waals surface area contributed by atoms with Gasteiger partial charge in [0, 0.05) is 98.5 Å². The van der Waals surface area contributed by atoms with Crippen LogP contribution in [0.5, 0.6) is 0 Å². The van der Waals surface area contributed by atoms with Gasteiger partial charge >= 0.3 is 7.12 Å². The van der Waals surface area contributed by atoms with Gasteiger partial charge in [0.2, 0.25) is 11.9 Å². The summed E-state index contributed by atoms with van der Waals surface area (Å²) in [5.74, 6) is 4.46. The number of nitrogens with two attached hydrogens (primary N) is 1. The number of nitrogens with one attached hydrogen (secondary N) is 5. The molecule has 75 heavy (non-hydrogen) atoms. The van der Waals surface area contributed by atoms with Crippen LogP contribution in [0, 0.1) is 44.1 Å². The molecule has 0 unspecified atom stereocenters. The maximum Gasteiger partial charge on any atom is 0.526 e. The molecule has 0 amide bonds. The second-order valence-corrected chi connectivity index (χ2v) is 19.5. The van der Waals surface area contributed by atoms with Crippen molar-refractivity contribution in [1.82, 2.24) is 39.0 Å². The minimum atomic E-state index is -1.48. The van der Waals surface area contributed by atoms with E-state index in [1.807, 2.05) is 36.9 Å². The first-order valence-corrected chi connectivity index (χ1v) is 25.6. The fraction of sp³-hybridized carbons (Fsp3) is 0.370. The molecule has 11 rings (SSSR count). The van der Waals surface area contributed by atoms with Gasteiger partial charge in [-0.05, 0) is 114 Å². The normalized spacial score (nSPS) is 17.4. The molecule has 0 aliphatic heterocycles. The summed E-state index contributed by atoms with van der Waals surface area (Å²) in [5.41, 5.74) is 21.8. The third-order valence-electron chi connectivity index (χ3n) is 13.4. The first kappa shape index (κ1) is 55.2. The van der Waals surface area contributed by atoms with E-state index < -0.39 is 7.12 Å². The average Bonchev–Trinajstić information content (AvgIpc) is 4.28. The summed E-state index contributed by atoms with van der Waals surface area (Å²) in [5, 5.41) is 30.8. The Bertz CT molecular complexity index is 2920. The zero-order valence-electron chi connectivity index (χ0n) is 42.9. The molecule has 2 aliphatic rings. The molecule has 2 aromatic carbocycles. The van der Waals surface area contributed by atoms with Crippen LogP contribution in [0.25, 0.3) is 50.7 Å². The Morgan fingerprint density at radius 1 is 0.600 bits per heavy atom. The summed E-state index contributed by atoms with van der Waals surface area (Å²) < 4.78 is 19.7. The van der Waals surface area contributed by atoms with Crippen LogP contribution in [0.15, 0.2) is 130 Å². The summed E-state index contributed by atoms with van der Waals surface area (Å²) in [7, 11) is -1.48. The molecular formula is C54H66AcBN14O5-. The molecule has 2 fully saturated rings. The Kier molecular flexibility index (Phi) is 19.2. The van der Waals surface area contributed by atoms with Crippen LogP contribution >= 0.6 is 0 Å². The quantitative estimate of drug-likeness (QED) is 0.0471. The molecule has 0 bridgehead atoms. The van der Waals surface area contributed by atoms with Gasteiger partial charge in [0.1, 0.15) is 17.2 Å². The van der Waals surface area contributed by atoms with Gasteiger partial charge < -0.3 is 65.2 Å². The van der Waals surface area contributed by atoms with Crippen molar-refractivity contribution in [2.75, 3.05) is 21.3 Å². The second kappa shape index (κ2) is 26.1. The predicted octanol–water partition coefficient (Wildman–Crippen LogP) is 9.98. The minimum absolute atomic E-state index is 0. The molecule has 2 aliphatic carbocycles. The molecular weight excluding hydrogens is 1160 g/mol. The number of fused-ring (bicyclic) bond motifs is 2. The van der Waals surface area contributed by atoms with E-state index in [-0.39, 0.29) is 67.8 Å². The molecule has 19 nitrogen and oxygen atoms in total. The van der Waals surface area contributed by atoms with Crippen molar-refractivity contribution in [2.24, 2.45) is 5.73 Å². The van der Waals surface area contributed by atoms with Gasteiger partial charge in [0.15, 0.2) is 34.0 Å². The molecule has 389 valence electrons. The molecule has 0 spiro atoms. The Hall–Kier alpha value is -6.07. The number of anilines is 4. The van der Waals surface area contributed by atoms with E-state index in [1.54, 1.807) is 18.6 Å². The summed E-state index contributed by atoms with van der Waals surface area (Å²) in [6.45, 7) is 9.78. The smallest absolute Gasteiger partial charge is 0.526 e. The van der Waals surface area contributed by atoms with Crippen LogP contribution in [0.3, 0.4) is 0 Å². The molecule has 1 radical (unpaired) electrons. The average molecular weight is 1230 g/mol. The molecule has 7 heterocycles. The molecule has 9 aromatic rings. The number of hydrogen-bond acceptors (Lipinski definition) is 16. The van der Waals surface area contributed by atoms with Gasteiger partial charge in [-0.1, -0.05) is 61.4 Å². The van der Waals surface area contributed by atoms with E-state index in [0.29, 0.717) is 43.1 Å². The van der Waals surface area contributed by atoms with Gasteiger partial charge in [-0.3, -0.25) is 0 Å². The van der Waals surface area contributed by atoms with Gasteiger partial charge in [0.05, 0.1) is 31.4 Å². The fourth-order valence-corrected chi connectivity index (χ4v) is 9.10. The van der Waals surface area contributed by atoms with Crippen molar-refractivity contribution in [3.63, 3.8) is 0 Å². The van der Waals surface area contributed by atoms with E-state index >= 15 is 0 Å². The maximum atomic E-state index is 8.37. The number of imidazole rings is 2. The number of benzene rings is 2. The van der Waals surface area contributed by atoms with Crippen molar-refractivity contribution in [1.29, 1.82) is 0 Å². The number of nitrogens with zero attached hydrogens (tertiary/aromatic N) is 8. The molecule has 0 atom stereocenters. The third kappa shape index (κ3) is 14.5. The number of rotatable bonds is 15. The molecule has 7 aromatic heterocycles. The Balaban J connectivity index is 0.000000171. The first-order chi connectivity index (χ1) is 35.9. The predicted molar refractivity (Wildman–Crippen MR) is 291 cm³/mol. The maximum absolute atomic E-state index is 8.37. The van der Waals surface area contributed by atoms with Gasteiger partial charge in [0.25, 0.3) is 0 Å². The second-order valence-electron chi connectivity index (χ2n) is 19.5. The monoisotopic (exact) mass is 1230 g/mol. The van der Waals surface area contributed by atoms with E-state index in [2.05, 4.69) is 121 Å². The van der Waals surface area contributed by atoms with E-state index in [9.17, 15) is 0 Å². The summed E-state index contributed by atoms with van der Waals surface area (Å²) in [6.07, 6.45) is 16.4. The van der Waals surface area contributed by atoms with Crippen molar-refractivity contribution in [3.8, 4) is 22.6 Å². The van der Waals surface area contributed by atoms with Crippen LogP contribution in [0.2, 0.25) is 0 Å². The van der Waals surface area contributed by atoms with Crippen LogP contribution in [-0.2, 0) is 13.1 Å². The van der Waals surface area contributed by atoms with Gasteiger partial charge in [-0.2, -0.15) is 19.9 Å². The van der Waals surface area contributed by atoms with E-state index in [0.717, 1.165) is 119 Å². The molecule has 0 saturated heterocycles. The number of aromatic nitrogens is 8. The zero-order valence-corrected chi connectivity index (χ0v) is 47.7. The largest absolute Gasteiger partial charge is 0.675 e. The van der Waals surface area contributed by atoms with Crippen LogP contribution in [0.1, 0.15) is 102 Å². The summed E-state index contributed by atoms with van der Waals surface area (Å²) in [4.78, 5) is 28.4. The van der Waals surface area contributed by atoms with Crippen molar-refractivity contribution in [3.05, 3.63) is 133 Å². The summed E-state index contributed by atoms with van der Waals surface area (Å²) >= 11 is 0.